The molecule has 28 heavy (non-hydrogen) atoms. The highest BCUT2D eigenvalue weighted by atomic mass is 16.6. The third-order valence-electron chi connectivity index (χ3n) is 4.37. The van der Waals surface area contributed by atoms with Crippen molar-refractivity contribution in [1.82, 2.24) is 9.97 Å². The van der Waals surface area contributed by atoms with Crippen molar-refractivity contribution in [3.8, 4) is 5.75 Å². The summed E-state index contributed by atoms with van der Waals surface area (Å²) in [6.45, 7) is 7.68. The molecule has 3 aromatic rings. The monoisotopic (exact) mass is 380 g/mol. The fraction of sp³-hybridized carbons (Fsp3) is 0.318. The van der Waals surface area contributed by atoms with Gasteiger partial charge in [-0.25, -0.2) is 9.78 Å². The van der Waals surface area contributed by atoms with Gasteiger partial charge in [-0.15, -0.1) is 0 Å². The number of carbonyl (C=O) groups excluding carboxylic acids is 1. The minimum atomic E-state index is -0.703. The maximum absolute atomic E-state index is 12.2. The van der Waals surface area contributed by atoms with E-state index in [1.807, 2.05) is 24.3 Å². The lowest BCUT2D eigenvalue weighted by Crippen LogP contribution is -2.21. The Hall–Kier alpha value is -3.15. The smallest absolute Gasteiger partial charge is 0.344 e. The zero-order valence-electron chi connectivity index (χ0n) is 16.5. The highest BCUT2D eigenvalue weighted by molar-refractivity contribution is 5.77. The van der Waals surface area contributed by atoms with Crippen LogP contribution in [0.2, 0.25) is 0 Å². The van der Waals surface area contributed by atoms with E-state index >= 15 is 0 Å². The summed E-state index contributed by atoms with van der Waals surface area (Å²) >= 11 is 0. The fourth-order valence-electron chi connectivity index (χ4n) is 2.93. The van der Waals surface area contributed by atoms with Crippen LogP contribution in [0.5, 0.6) is 5.75 Å². The maximum Gasteiger partial charge on any atom is 0.344 e. The summed E-state index contributed by atoms with van der Waals surface area (Å²) in [6, 6.07) is 14.6. The summed E-state index contributed by atoms with van der Waals surface area (Å²) in [5.41, 5.74) is 1.19. The zero-order chi connectivity index (χ0) is 20.3. The molecule has 1 atom stereocenters. The molecule has 0 unspecified atom stereocenters. The molecule has 6 heteroatoms. The number of rotatable bonds is 5. The molecule has 6 nitrogen and oxygen atoms in total. The largest absolute Gasteiger partial charge is 0.482 e. The van der Waals surface area contributed by atoms with Gasteiger partial charge in [0.2, 0.25) is 0 Å². The van der Waals surface area contributed by atoms with Crippen molar-refractivity contribution in [2.75, 3.05) is 6.61 Å². The van der Waals surface area contributed by atoms with Crippen LogP contribution in [0.4, 0.5) is 0 Å². The molecule has 2 aromatic carbocycles. The van der Waals surface area contributed by atoms with Gasteiger partial charge in [-0.05, 0) is 36.1 Å². The third kappa shape index (κ3) is 4.39. The van der Waals surface area contributed by atoms with E-state index in [-0.39, 0.29) is 17.6 Å². The molecular weight excluding hydrogens is 356 g/mol. The Balaban J connectivity index is 1.68. The Morgan fingerprint density at radius 2 is 1.79 bits per heavy atom. The highest BCUT2D eigenvalue weighted by Crippen LogP contribution is 2.31. The Morgan fingerprint density at radius 1 is 1.11 bits per heavy atom. The molecule has 0 aliphatic rings. The molecule has 0 aliphatic heterocycles. The number of esters is 1. The predicted octanol–water partition coefficient (Wildman–Crippen LogP) is 3.90. The van der Waals surface area contributed by atoms with E-state index in [1.165, 1.54) is 0 Å². The molecule has 0 spiro atoms. The maximum atomic E-state index is 12.2. The summed E-state index contributed by atoms with van der Waals surface area (Å²) in [5, 5.41) is 0.492. The summed E-state index contributed by atoms with van der Waals surface area (Å²) in [5.74, 6) is 0.413. The average molecular weight is 380 g/mol. The van der Waals surface area contributed by atoms with Crippen LogP contribution < -0.4 is 10.3 Å². The quantitative estimate of drug-likeness (QED) is 0.679. The number of benzene rings is 2. The molecule has 1 aromatic heterocycles. The van der Waals surface area contributed by atoms with Crippen LogP contribution in [0.25, 0.3) is 10.9 Å². The van der Waals surface area contributed by atoms with Crippen LogP contribution in [0.1, 0.15) is 45.2 Å². The van der Waals surface area contributed by atoms with E-state index in [2.05, 4.69) is 30.7 Å². The topological polar surface area (TPSA) is 81.3 Å². The first-order valence-electron chi connectivity index (χ1n) is 9.16. The van der Waals surface area contributed by atoms with E-state index in [0.29, 0.717) is 22.5 Å². The van der Waals surface area contributed by atoms with Gasteiger partial charge in [-0.1, -0.05) is 51.1 Å². The molecule has 0 bridgehead atoms. The Bertz CT molecular complexity index is 1050. The molecule has 0 amide bonds. The number of para-hydroxylation sites is 2. The van der Waals surface area contributed by atoms with Crippen molar-refractivity contribution < 1.29 is 14.3 Å². The average Bonchev–Trinajstić information content (AvgIpc) is 2.66. The van der Waals surface area contributed by atoms with E-state index in [0.717, 1.165) is 5.56 Å². The molecule has 0 saturated heterocycles. The molecule has 0 saturated carbocycles. The first-order chi connectivity index (χ1) is 13.3. The van der Waals surface area contributed by atoms with Gasteiger partial charge in [-0.3, -0.25) is 4.79 Å². The number of aromatic nitrogens is 2. The second-order valence-electron chi connectivity index (χ2n) is 7.64. The van der Waals surface area contributed by atoms with Crippen LogP contribution in [0.15, 0.2) is 53.3 Å². The van der Waals surface area contributed by atoms with Gasteiger partial charge in [0.25, 0.3) is 5.56 Å². The third-order valence-corrected chi connectivity index (χ3v) is 4.37. The summed E-state index contributed by atoms with van der Waals surface area (Å²) in [6.07, 6.45) is -0.703. The number of H-pyrrole nitrogens is 1. The van der Waals surface area contributed by atoms with E-state index in [4.69, 9.17) is 9.47 Å². The second kappa shape index (κ2) is 7.84. The minimum Gasteiger partial charge on any atom is -0.482 e. The van der Waals surface area contributed by atoms with Gasteiger partial charge in [0.1, 0.15) is 5.75 Å². The number of aromatic amines is 1. The van der Waals surface area contributed by atoms with E-state index in [1.54, 1.807) is 31.2 Å². The Labute approximate surface area is 163 Å². The second-order valence-corrected chi connectivity index (χ2v) is 7.64. The Kier molecular flexibility index (Phi) is 5.49. The minimum absolute atomic E-state index is 0.109. The summed E-state index contributed by atoms with van der Waals surface area (Å²) in [7, 11) is 0. The fourth-order valence-corrected chi connectivity index (χ4v) is 2.93. The van der Waals surface area contributed by atoms with Gasteiger partial charge < -0.3 is 14.5 Å². The van der Waals surface area contributed by atoms with Crippen molar-refractivity contribution in [3.63, 3.8) is 0 Å². The number of ether oxygens (including phenoxy) is 2. The molecule has 146 valence electrons. The lowest BCUT2D eigenvalue weighted by molar-refractivity contribution is -0.151. The van der Waals surface area contributed by atoms with Crippen molar-refractivity contribution in [2.24, 2.45) is 0 Å². The molecule has 0 aliphatic carbocycles. The standard InChI is InChI=1S/C22H24N2O4/c1-14(20-23-17-11-7-5-9-15(17)21(26)24-20)28-19(25)13-27-18-12-8-6-10-16(18)22(2,3)4/h5-12,14H,13H2,1-4H3,(H,23,24,26)/t14-/m0/s1. The first-order valence-corrected chi connectivity index (χ1v) is 9.16. The van der Waals surface area contributed by atoms with Crippen molar-refractivity contribution >= 4 is 16.9 Å². The van der Waals surface area contributed by atoms with Crippen LogP contribution in [0.3, 0.4) is 0 Å². The molecule has 0 fully saturated rings. The SMILES string of the molecule is C[C@H](OC(=O)COc1ccccc1C(C)(C)C)c1nc2ccccc2c(=O)[nH]1. The highest BCUT2D eigenvalue weighted by Gasteiger charge is 2.20. The first kappa shape index (κ1) is 19.6. The van der Waals surface area contributed by atoms with E-state index in [9.17, 15) is 9.59 Å². The van der Waals surface area contributed by atoms with Crippen LogP contribution in [-0.4, -0.2) is 22.5 Å². The number of nitrogens with one attached hydrogen (secondary N) is 1. The number of fused-ring (bicyclic) bond motifs is 1. The van der Waals surface area contributed by atoms with Gasteiger partial charge in [0, 0.05) is 0 Å². The van der Waals surface area contributed by atoms with Crippen LogP contribution >= 0.6 is 0 Å². The molecule has 0 radical (unpaired) electrons. The number of carbonyl (C=O) groups is 1. The number of hydrogen-bond acceptors (Lipinski definition) is 5. The van der Waals surface area contributed by atoms with Gasteiger partial charge in [-0.2, -0.15) is 0 Å². The van der Waals surface area contributed by atoms with Crippen LogP contribution in [0, 0.1) is 0 Å². The molecular formula is C22H24N2O4. The molecule has 1 heterocycles. The predicted molar refractivity (Wildman–Crippen MR) is 108 cm³/mol. The normalized spacial score (nSPS) is 12.6. The van der Waals surface area contributed by atoms with Crippen LogP contribution in [-0.2, 0) is 14.9 Å². The number of hydrogen-bond donors (Lipinski definition) is 1. The lowest BCUT2D eigenvalue weighted by Gasteiger charge is -2.22. The van der Waals surface area contributed by atoms with Gasteiger partial charge >= 0.3 is 5.97 Å². The van der Waals surface area contributed by atoms with Crippen molar-refractivity contribution in [3.05, 3.63) is 70.3 Å². The van der Waals surface area contributed by atoms with Gasteiger partial charge in [0.05, 0.1) is 10.9 Å². The number of nitrogens with zero attached hydrogens (tertiary/aromatic N) is 1. The zero-order valence-corrected chi connectivity index (χ0v) is 16.5. The summed E-state index contributed by atoms with van der Waals surface area (Å²) < 4.78 is 11.1. The van der Waals surface area contributed by atoms with Crippen molar-refractivity contribution in [1.29, 1.82) is 0 Å². The molecule has 1 N–H and O–H groups in total. The Morgan fingerprint density at radius 3 is 2.54 bits per heavy atom. The van der Waals surface area contributed by atoms with E-state index < -0.39 is 12.1 Å². The molecule has 3 rings (SSSR count). The van der Waals surface area contributed by atoms with Gasteiger partial charge in [0.15, 0.2) is 18.5 Å². The van der Waals surface area contributed by atoms with Crippen molar-refractivity contribution in [2.45, 2.75) is 39.2 Å². The lowest BCUT2D eigenvalue weighted by atomic mass is 9.86. The summed E-state index contributed by atoms with van der Waals surface area (Å²) in [4.78, 5) is 31.5.